The van der Waals surface area contributed by atoms with E-state index in [1.54, 1.807) is 11.0 Å². The molecule has 10 heteroatoms. The van der Waals surface area contributed by atoms with E-state index in [1.807, 2.05) is 17.9 Å². The molecule has 27 heavy (non-hydrogen) atoms. The van der Waals surface area contributed by atoms with E-state index in [-0.39, 0.29) is 22.2 Å². The van der Waals surface area contributed by atoms with Crippen LogP contribution < -0.4 is 9.64 Å². The Balaban J connectivity index is 1.64. The van der Waals surface area contributed by atoms with Crippen molar-refractivity contribution in [3.8, 4) is 5.88 Å². The Kier molecular flexibility index (Phi) is 5.70. The maximum atomic E-state index is 12.6. The van der Waals surface area contributed by atoms with E-state index in [9.17, 15) is 14.9 Å². The van der Waals surface area contributed by atoms with Gasteiger partial charge in [0.2, 0.25) is 5.88 Å². The SMILES string of the molecule is CCOc1ccc(N2CCN(C(=O)c3ccc(Cl)c([N+](=O)[O-])c3)CC2)nn1. The van der Waals surface area contributed by atoms with E-state index < -0.39 is 4.92 Å². The summed E-state index contributed by atoms with van der Waals surface area (Å²) in [5.41, 5.74) is -0.0220. The maximum Gasteiger partial charge on any atom is 0.288 e. The molecule has 142 valence electrons. The fourth-order valence-corrected chi connectivity index (χ4v) is 3.00. The lowest BCUT2D eigenvalue weighted by Gasteiger charge is -2.35. The number of nitrogens with zero attached hydrogens (tertiary/aromatic N) is 5. The first-order valence-corrected chi connectivity index (χ1v) is 8.82. The molecule has 1 aliphatic heterocycles. The molecular weight excluding hydrogens is 374 g/mol. The number of benzene rings is 1. The molecule has 1 fully saturated rings. The second kappa shape index (κ2) is 8.17. The number of hydrogen-bond donors (Lipinski definition) is 0. The number of hydrogen-bond acceptors (Lipinski definition) is 7. The van der Waals surface area contributed by atoms with Crippen LogP contribution in [0.15, 0.2) is 30.3 Å². The van der Waals surface area contributed by atoms with Crippen LogP contribution in [-0.2, 0) is 0 Å². The lowest BCUT2D eigenvalue weighted by molar-refractivity contribution is -0.384. The summed E-state index contributed by atoms with van der Waals surface area (Å²) in [6.45, 7) is 4.53. The molecule has 0 aliphatic carbocycles. The van der Waals surface area contributed by atoms with E-state index in [4.69, 9.17) is 16.3 Å². The third kappa shape index (κ3) is 4.25. The molecule has 0 radical (unpaired) electrons. The van der Waals surface area contributed by atoms with Crippen molar-refractivity contribution in [2.24, 2.45) is 0 Å². The third-order valence-electron chi connectivity index (χ3n) is 4.20. The van der Waals surface area contributed by atoms with Crippen LogP contribution in [0.25, 0.3) is 0 Å². The van der Waals surface area contributed by atoms with Crippen LogP contribution in [0.2, 0.25) is 5.02 Å². The van der Waals surface area contributed by atoms with Gasteiger partial charge < -0.3 is 14.5 Å². The molecule has 1 aromatic heterocycles. The summed E-state index contributed by atoms with van der Waals surface area (Å²) in [5.74, 6) is 0.930. The molecule has 0 N–H and O–H groups in total. The van der Waals surface area contributed by atoms with Crippen molar-refractivity contribution in [2.45, 2.75) is 6.92 Å². The van der Waals surface area contributed by atoms with Crippen LogP contribution in [0.4, 0.5) is 11.5 Å². The molecule has 1 aliphatic rings. The summed E-state index contributed by atoms with van der Waals surface area (Å²) in [7, 11) is 0. The highest BCUT2D eigenvalue weighted by molar-refractivity contribution is 6.32. The van der Waals surface area contributed by atoms with Crippen LogP contribution >= 0.6 is 11.6 Å². The zero-order valence-electron chi connectivity index (χ0n) is 14.7. The van der Waals surface area contributed by atoms with Gasteiger partial charge in [0.25, 0.3) is 11.6 Å². The molecule has 1 saturated heterocycles. The lowest BCUT2D eigenvalue weighted by Crippen LogP contribution is -2.49. The molecule has 2 heterocycles. The zero-order valence-corrected chi connectivity index (χ0v) is 15.4. The Bertz CT molecular complexity index is 838. The van der Waals surface area contributed by atoms with Crippen molar-refractivity contribution in [3.05, 3.63) is 51.0 Å². The van der Waals surface area contributed by atoms with E-state index >= 15 is 0 Å². The second-order valence-corrected chi connectivity index (χ2v) is 6.27. The largest absolute Gasteiger partial charge is 0.477 e. The van der Waals surface area contributed by atoms with Gasteiger partial charge in [0, 0.05) is 43.9 Å². The Morgan fingerprint density at radius 3 is 2.56 bits per heavy atom. The fraction of sp³-hybridized carbons (Fsp3) is 0.353. The van der Waals surface area contributed by atoms with E-state index in [2.05, 4.69) is 10.2 Å². The molecule has 0 unspecified atom stereocenters. The number of amides is 1. The number of piperazine rings is 1. The van der Waals surface area contributed by atoms with E-state index in [1.165, 1.54) is 18.2 Å². The minimum absolute atomic E-state index is 0.00967. The summed E-state index contributed by atoms with van der Waals surface area (Å²) >= 11 is 5.80. The first kappa shape index (κ1) is 18.8. The van der Waals surface area contributed by atoms with Gasteiger partial charge in [-0.05, 0) is 25.1 Å². The standard InChI is InChI=1S/C17H18ClN5O4/c1-2-27-16-6-5-15(19-20-16)21-7-9-22(10-8-21)17(24)12-3-4-13(18)14(11-12)23(25)26/h3-6,11H,2,7-10H2,1H3. The molecule has 1 aromatic carbocycles. The van der Waals surface area contributed by atoms with Crippen LogP contribution in [-0.4, -0.2) is 58.7 Å². The first-order valence-electron chi connectivity index (χ1n) is 8.44. The highest BCUT2D eigenvalue weighted by Crippen LogP contribution is 2.26. The van der Waals surface area contributed by atoms with Crippen molar-refractivity contribution in [1.29, 1.82) is 0 Å². The predicted molar refractivity (Wildman–Crippen MR) is 99.4 cm³/mol. The van der Waals surface area contributed by atoms with Crippen molar-refractivity contribution in [3.63, 3.8) is 0 Å². The average molecular weight is 392 g/mol. The van der Waals surface area contributed by atoms with Crippen LogP contribution in [0, 0.1) is 10.1 Å². The summed E-state index contributed by atoms with van der Waals surface area (Å²) < 4.78 is 5.28. The summed E-state index contributed by atoms with van der Waals surface area (Å²) in [6, 6.07) is 7.68. The number of carbonyl (C=O) groups excluding carboxylic acids is 1. The first-order chi connectivity index (χ1) is 13.0. The summed E-state index contributed by atoms with van der Waals surface area (Å²) in [4.78, 5) is 26.7. The molecular formula is C17H18ClN5O4. The number of ether oxygens (including phenoxy) is 1. The Hall–Kier alpha value is -2.94. The lowest BCUT2D eigenvalue weighted by atomic mass is 10.1. The number of nitro benzene ring substituents is 1. The van der Waals surface area contributed by atoms with Crippen LogP contribution in [0.5, 0.6) is 5.88 Å². The molecule has 0 saturated carbocycles. The molecule has 2 aromatic rings. The Morgan fingerprint density at radius 1 is 1.22 bits per heavy atom. The van der Waals surface area contributed by atoms with Gasteiger partial charge in [-0.3, -0.25) is 14.9 Å². The topological polar surface area (TPSA) is 102 Å². The number of carbonyl (C=O) groups is 1. The quantitative estimate of drug-likeness (QED) is 0.569. The predicted octanol–water partition coefficient (Wildman–Crippen LogP) is 2.40. The molecule has 9 nitrogen and oxygen atoms in total. The number of halogens is 1. The van der Waals surface area contributed by atoms with Gasteiger partial charge in [-0.25, -0.2) is 0 Å². The molecule has 0 bridgehead atoms. The van der Waals surface area contributed by atoms with Crippen molar-refractivity contribution >= 4 is 29.0 Å². The van der Waals surface area contributed by atoms with Gasteiger partial charge in [0.05, 0.1) is 11.5 Å². The van der Waals surface area contributed by atoms with Gasteiger partial charge in [-0.2, -0.15) is 0 Å². The second-order valence-electron chi connectivity index (χ2n) is 5.87. The molecule has 0 atom stereocenters. The number of aromatic nitrogens is 2. The van der Waals surface area contributed by atoms with Gasteiger partial charge in [0.1, 0.15) is 5.02 Å². The smallest absolute Gasteiger partial charge is 0.288 e. The molecule has 0 spiro atoms. The minimum atomic E-state index is -0.596. The van der Waals surface area contributed by atoms with Crippen LogP contribution in [0.1, 0.15) is 17.3 Å². The third-order valence-corrected chi connectivity index (χ3v) is 4.52. The number of anilines is 1. The Morgan fingerprint density at radius 2 is 1.96 bits per heavy atom. The normalized spacial score (nSPS) is 14.1. The average Bonchev–Trinajstić information content (AvgIpc) is 2.68. The molecule has 3 rings (SSSR count). The van der Waals surface area contributed by atoms with E-state index in [0.717, 1.165) is 0 Å². The Labute approximate surface area is 160 Å². The highest BCUT2D eigenvalue weighted by Gasteiger charge is 2.25. The summed E-state index contributed by atoms with van der Waals surface area (Å²) in [5, 5.41) is 19.2. The van der Waals surface area contributed by atoms with Crippen molar-refractivity contribution in [1.82, 2.24) is 15.1 Å². The van der Waals surface area contributed by atoms with Gasteiger partial charge in [0.15, 0.2) is 5.82 Å². The summed E-state index contributed by atoms with van der Waals surface area (Å²) in [6.07, 6.45) is 0. The maximum absolute atomic E-state index is 12.6. The minimum Gasteiger partial charge on any atom is -0.477 e. The number of rotatable bonds is 5. The van der Waals surface area contributed by atoms with Gasteiger partial charge in [-0.1, -0.05) is 11.6 Å². The number of nitro groups is 1. The molecule has 1 amide bonds. The highest BCUT2D eigenvalue weighted by atomic mass is 35.5. The van der Waals surface area contributed by atoms with Crippen molar-refractivity contribution in [2.75, 3.05) is 37.7 Å². The monoisotopic (exact) mass is 391 g/mol. The van der Waals surface area contributed by atoms with Gasteiger partial charge in [-0.15, -0.1) is 10.2 Å². The van der Waals surface area contributed by atoms with Crippen molar-refractivity contribution < 1.29 is 14.5 Å². The fourth-order valence-electron chi connectivity index (χ4n) is 2.81. The van der Waals surface area contributed by atoms with E-state index in [0.29, 0.717) is 44.5 Å². The van der Waals surface area contributed by atoms with Crippen LogP contribution in [0.3, 0.4) is 0 Å². The zero-order chi connectivity index (χ0) is 19.4. The van der Waals surface area contributed by atoms with Gasteiger partial charge >= 0.3 is 0 Å².